The largest absolute Gasteiger partial charge is 0.286 e. The topological polar surface area (TPSA) is 109 Å². The molecule has 0 radical (unpaired) electrons. The van der Waals surface area contributed by atoms with E-state index >= 15 is 0 Å². The van der Waals surface area contributed by atoms with Gasteiger partial charge in [-0.2, -0.15) is 16.8 Å². The number of rotatable bonds is 27. The molecule has 0 heterocycles. The highest BCUT2D eigenvalue weighted by Crippen LogP contribution is 2.15. The van der Waals surface area contributed by atoms with Gasteiger partial charge in [-0.3, -0.25) is 9.11 Å². The average molecular weight is 527 g/mol. The first-order chi connectivity index (χ1) is 16.2. The Hall–Kier alpha value is -0.180. The molecule has 0 spiro atoms. The normalized spacial score (nSPS) is 12.4. The molecule has 0 rings (SSSR count). The van der Waals surface area contributed by atoms with Gasteiger partial charge in [0.05, 0.1) is 11.5 Å². The van der Waals surface area contributed by atoms with Gasteiger partial charge in [-0.1, -0.05) is 141 Å². The molecule has 0 bridgehead atoms. The molecule has 0 saturated carbocycles. The SMILES string of the molecule is O=S(=O)(O)CCCCCCCCCCCCCCCCCCCCCCCCCCS(=O)(=O)O. The van der Waals surface area contributed by atoms with Crippen molar-refractivity contribution in [3.63, 3.8) is 0 Å². The van der Waals surface area contributed by atoms with Crippen molar-refractivity contribution in [3.05, 3.63) is 0 Å². The van der Waals surface area contributed by atoms with Crippen molar-refractivity contribution in [1.82, 2.24) is 0 Å². The lowest BCUT2D eigenvalue weighted by atomic mass is 10.0. The van der Waals surface area contributed by atoms with Gasteiger partial charge < -0.3 is 0 Å². The minimum atomic E-state index is -3.77. The van der Waals surface area contributed by atoms with Crippen molar-refractivity contribution in [3.8, 4) is 0 Å². The zero-order valence-corrected chi connectivity index (χ0v) is 23.4. The summed E-state index contributed by atoms with van der Waals surface area (Å²) >= 11 is 0. The molecule has 0 aliphatic rings. The van der Waals surface area contributed by atoms with E-state index in [1.54, 1.807) is 0 Å². The van der Waals surface area contributed by atoms with Crippen molar-refractivity contribution in [2.75, 3.05) is 11.5 Å². The Balaban J connectivity index is 3.09. The van der Waals surface area contributed by atoms with Gasteiger partial charge in [-0.05, 0) is 12.8 Å². The molecule has 0 fully saturated rings. The highest BCUT2D eigenvalue weighted by Gasteiger charge is 2.03. The van der Waals surface area contributed by atoms with E-state index in [0.717, 1.165) is 25.7 Å². The molecule has 206 valence electrons. The highest BCUT2D eigenvalue weighted by atomic mass is 32.2. The van der Waals surface area contributed by atoms with Crippen LogP contribution in [0.25, 0.3) is 0 Å². The Kier molecular flexibility index (Phi) is 23.1. The van der Waals surface area contributed by atoms with E-state index in [1.165, 1.54) is 116 Å². The third-order valence-electron chi connectivity index (χ3n) is 6.55. The first-order valence-electron chi connectivity index (χ1n) is 14.1. The predicted molar refractivity (Wildman–Crippen MR) is 144 cm³/mol. The molecular formula is C26H54O6S2. The lowest BCUT2D eigenvalue weighted by Crippen LogP contribution is -2.03. The lowest BCUT2D eigenvalue weighted by molar-refractivity contribution is 0.476. The van der Waals surface area contributed by atoms with Gasteiger partial charge in [0.15, 0.2) is 0 Å². The van der Waals surface area contributed by atoms with Crippen LogP contribution in [-0.4, -0.2) is 37.4 Å². The second kappa shape index (κ2) is 23.2. The van der Waals surface area contributed by atoms with Crippen molar-refractivity contribution in [2.24, 2.45) is 0 Å². The van der Waals surface area contributed by atoms with Crippen LogP contribution in [0.5, 0.6) is 0 Å². The van der Waals surface area contributed by atoms with E-state index in [2.05, 4.69) is 0 Å². The summed E-state index contributed by atoms with van der Waals surface area (Å²) in [7, 11) is -7.54. The standard InChI is InChI=1S/C26H54O6S2/c27-33(28,29)25-23-21-19-17-15-13-11-9-7-5-3-1-2-4-6-8-10-12-14-16-18-20-22-24-26-34(30,31)32/h1-26H2,(H,27,28,29)(H,30,31,32). The maximum atomic E-state index is 10.6. The summed E-state index contributed by atoms with van der Waals surface area (Å²) in [5, 5.41) is 0. The molecule has 0 aromatic heterocycles. The first kappa shape index (κ1) is 33.8. The van der Waals surface area contributed by atoms with Crippen LogP contribution < -0.4 is 0 Å². The van der Waals surface area contributed by atoms with Crippen LogP contribution >= 0.6 is 0 Å². The van der Waals surface area contributed by atoms with Crippen LogP contribution in [0, 0.1) is 0 Å². The Bertz CT molecular complexity index is 576. The molecular weight excluding hydrogens is 472 g/mol. The zero-order chi connectivity index (χ0) is 25.4. The summed E-state index contributed by atoms with van der Waals surface area (Å²) in [5.41, 5.74) is 0. The van der Waals surface area contributed by atoms with Gasteiger partial charge >= 0.3 is 0 Å². The number of unbranched alkanes of at least 4 members (excludes halogenated alkanes) is 23. The molecule has 2 N–H and O–H groups in total. The summed E-state index contributed by atoms with van der Waals surface area (Å²) in [6, 6.07) is 0. The third kappa shape index (κ3) is 31.8. The molecule has 0 aliphatic heterocycles. The number of hydrogen-bond acceptors (Lipinski definition) is 4. The maximum Gasteiger partial charge on any atom is 0.264 e. The van der Waals surface area contributed by atoms with Gasteiger partial charge in [-0.25, -0.2) is 0 Å². The quantitative estimate of drug-likeness (QED) is 0.0826. The average Bonchev–Trinajstić information content (AvgIpc) is 2.74. The van der Waals surface area contributed by atoms with Gasteiger partial charge in [-0.15, -0.1) is 0 Å². The molecule has 0 atom stereocenters. The molecule has 6 nitrogen and oxygen atoms in total. The minimum absolute atomic E-state index is 0.0954. The monoisotopic (exact) mass is 526 g/mol. The van der Waals surface area contributed by atoms with Crippen LogP contribution in [0.3, 0.4) is 0 Å². The van der Waals surface area contributed by atoms with E-state index in [9.17, 15) is 16.8 Å². The van der Waals surface area contributed by atoms with E-state index in [-0.39, 0.29) is 11.5 Å². The Morgan fingerprint density at radius 1 is 0.265 bits per heavy atom. The van der Waals surface area contributed by atoms with Gasteiger partial charge in [0.25, 0.3) is 20.2 Å². The maximum absolute atomic E-state index is 10.6. The molecule has 0 unspecified atom stereocenters. The van der Waals surface area contributed by atoms with Crippen LogP contribution in [0.1, 0.15) is 154 Å². The zero-order valence-electron chi connectivity index (χ0n) is 21.7. The number of hydrogen-bond donors (Lipinski definition) is 2. The fourth-order valence-electron chi connectivity index (χ4n) is 4.46. The van der Waals surface area contributed by atoms with E-state index in [1.807, 2.05) is 0 Å². The van der Waals surface area contributed by atoms with Gasteiger partial charge in [0.1, 0.15) is 0 Å². The second-order valence-electron chi connectivity index (χ2n) is 10.1. The Morgan fingerprint density at radius 3 is 0.500 bits per heavy atom. The van der Waals surface area contributed by atoms with E-state index < -0.39 is 20.2 Å². The van der Waals surface area contributed by atoms with Crippen molar-refractivity contribution >= 4 is 20.2 Å². The molecule has 0 aromatic rings. The molecule has 0 saturated heterocycles. The Morgan fingerprint density at radius 2 is 0.382 bits per heavy atom. The minimum Gasteiger partial charge on any atom is -0.286 e. The van der Waals surface area contributed by atoms with Crippen LogP contribution in [0.4, 0.5) is 0 Å². The molecule has 0 aromatic carbocycles. The van der Waals surface area contributed by atoms with Gasteiger partial charge in [0.2, 0.25) is 0 Å². The lowest BCUT2D eigenvalue weighted by Gasteiger charge is -2.04. The van der Waals surface area contributed by atoms with Crippen LogP contribution in [0.2, 0.25) is 0 Å². The Labute approximate surface area is 211 Å². The van der Waals surface area contributed by atoms with Crippen molar-refractivity contribution < 1.29 is 25.9 Å². The summed E-state index contributed by atoms with van der Waals surface area (Å²) in [5.74, 6) is -0.191. The fourth-order valence-corrected chi connectivity index (χ4v) is 5.60. The van der Waals surface area contributed by atoms with Crippen molar-refractivity contribution in [1.29, 1.82) is 0 Å². The summed E-state index contributed by atoms with van der Waals surface area (Å²) < 4.78 is 59.8. The highest BCUT2D eigenvalue weighted by molar-refractivity contribution is 7.86. The van der Waals surface area contributed by atoms with Crippen LogP contribution in [-0.2, 0) is 20.2 Å². The smallest absolute Gasteiger partial charge is 0.264 e. The first-order valence-corrected chi connectivity index (χ1v) is 17.3. The van der Waals surface area contributed by atoms with Crippen molar-refractivity contribution in [2.45, 2.75) is 154 Å². The predicted octanol–water partition coefficient (Wildman–Crippen LogP) is 8.12. The molecule has 0 aliphatic carbocycles. The van der Waals surface area contributed by atoms with E-state index in [4.69, 9.17) is 9.11 Å². The van der Waals surface area contributed by atoms with E-state index in [0.29, 0.717) is 12.8 Å². The molecule has 34 heavy (non-hydrogen) atoms. The summed E-state index contributed by atoms with van der Waals surface area (Å²) in [4.78, 5) is 0. The molecule has 8 heteroatoms. The third-order valence-corrected chi connectivity index (χ3v) is 8.16. The summed E-state index contributed by atoms with van der Waals surface area (Å²) in [6.07, 6.45) is 28.7. The summed E-state index contributed by atoms with van der Waals surface area (Å²) in [6.45, 7) is 0. The van der Waals surface area contributed by atoms with Gasteiger partial charge in [0, 0.05) is 0 Å². The van der Waals surface area contributed by atoms with Crippen LogP contribution in [0.15, 0.2) is 0 Å². The second-order valence-corrected chi connectivity index (χ2v) is 13.2. The molecule has 0 amide bonds. The fraction of sp³-hybridized carbons (Fsp3) is 1.00.